The Bertz CT molecular complexity index is 282. The molecule has 0 atom stereocenters. The van der Waals surface area contributed by atoms with Gasteiger partial charge < -0.3 is 5.32 Å². The lowest BCUT2D eigenvalue weighted by Crippen LogP contribution is -2.44. The van der Waals surface area contributed by atoms with Crippen LogP contribution in [0.2, 0.25) is 0 Å². The molecular weight excluding hydrogens is 219 g/mol. The first kappa shape index (κ1) is 13.7. The number of sulfone groups is 1. The van der Waals surface area contributed by atoms with Crippen LogP contribution in [-0.2, 0) is 9.84 Å². The predicted molar refractivity (Wildman–Crippen MR) is 47.8 cm³/mol. The van der Waals surface area contributed by atoms with E-state index in [4.69, 9.17) is 0 Å². The van der Waals surface area contributed by atoms with Crippen molar-refractivity contribution in [2.24, 2.45) is 0 Å². The fourth-order valence-corrected chi connectivity index (χ4v) is 1.00. The first-order chi connectivity index (χ1) is 5.96. The molecule has 0 aromatic rings. The van der Waals surface area contributed by atoms with Gasteiger partial charge in [-0.05, 0) is 13.8 Å². The first-order valence-corrected chi connectivity index (χ1v) is 5.82. The van der Waals surface area contributed by atoms with Gasteiger partial charge in [0.2, 0.25) is 0 Å². The lowest BCUT2D eigenvalue weighted by atomic mass is 10.2. The molecule has 1 N–H and O–H groups in total. The minimum absolute atomic E-state index is 0.217. The number of hydrogen-bond donors (Lipinski definition) is 1. The quantitative estimate of drug-likeness (QED) is 0.786. The highest BCUT2D eigenvalue weighted by atomic mass is 32.2. The molecule has 0 aliphatic carbocycles. The van der Waals surface area contributed by atoms with Crippen molar-refractivity contribution in [2.45, 2.75) is 24.8 Å². The third-order valence-electron chi connectivity index (χ3n) is 1.88. The fourth-order valence-electron chi connectivity index (χ4n) is 0.636. The van der Waals surface area contributed by atoms with Crippen LogP contribution >= 0.6 is 0 Å². The van der Waals surface area contributed by atoms with E-state index in [-0.39, 0.29) is 6.54 Å². The van der Waals surface area contributed by atoms with E-state index in [0.717, 1.165) is 6.26 Å². The molecule has 0 unspecified atom stereocenters. The molecule has 0 bridgehead atoms. The molecule has 0 fully saturated rings. The van der Waals surface area contributed by atoms with Crippen molar-refractivity contribution in [1.82, 2.24) is 5.32 Å². The molecule has 3 nitrogen and oxygen atoms in total. The number of halogens is 3. The van der Waals surface area contributed by atoms with Crippen molar-refractivity contribution < 1.29 is 21.6 Å². The Morgan fingerprint density at radius 2 is 1.57 bits per heavy atom. The van der Waals surface area contributed by atoms with E-state index in [1.54, 1.807) is 0 Å². The minimum Gasteiger partial charge on any atom is -0.307 e. The SMILES string of the molecule is CC(C)(CNCC(F)(F)F)S(C)(=O)=O. The van der Waals surface area contributed by atoms with Gasteiger partial charge in [-0.3, -0.25) is 0 Å². The van der Waals surface area contributed by atoms with Gasteiger partial charge in [0.1, 0.15) is 0 Å². The van der Waals surface area contributed by atoms with Crippen molar-refractivity contribution in [3.8, 4) is 0 Å². The van der Waals surface area contributed by atoms with E-state index in [1.165, 1.54) is 13.8 Å². The van der Waals surface area contributed by atoms with Crippen molar-refractivity contribution >= 4 is 9.84 Å². The van der Waals surface area contributed by atoms with Crippen molar-refractivity contribution in [3.05, 3.63) is 0 Å². The molecule has 7 heteroatoms. The zero-order valence-corrected chi connectivity index (χ0v) is 9.09. The summed E-state index contributed by atoms with van der Waals surface area (Å²) in [5.41, 5.74) is 0. The van der Waals surface area contributed by atoms with Crippen LogP contribution in [0.25, 0.3) is 0 Å². The van der Waals surface area contributed by atoms with Crippen molar-refractivity contribution in [3.63, 3.8) is 0 Å². The smallest absolute Gasteiger partial charge is 0.307 e. The molecule has 0 aliphatic heterocycles. The molecule has 86 valence electrons. The Kier molecular flexibility index (Phi) is 3.97. The summed E-state index contributed by atoms with van der Waals surface area (Å²) in [6, 6.07) is 0. The van der Waals surface area contributed by atoms with Crippen molar-refractivity contribution in [1.29, 1.82) is 0 Å². The largest absolute Gasteiger partial charge is 0.401 e. The van der Waals surface area contributed by atoms with Gasteiger partial charge in [0, 0.05) is 12.8 Å². The molecule has 0 saturated heterocycles. The molecule has 0 rings (SSSR count). The summed E-state index contributed by atoms with van der Waals surface area (Å²) in [7, 11) is -3.35. The third kappa shape index (κ3) is 4.80. The number of rotatable bonds is 4. The maximum absolute atomic E-state index is 11.7. The molecule has 0 aromatic heterocycles. The summed E-state index contributed by atoms with van der Waals surface area (Å²) in [5, 5.41) is 2.07. The van der Waals surface area contributed by atoms with Crippen LogP contribution in [0.4, 0.5) is 13.2 Å². The fraction of sp³-hybridized carbons (Fsp3) is 1.00. The highest BCUT2D eigenvalue weighted by molar-refractivity contribution is 7.92. The average Bonchev–Trinajstić information content (AvgIpc) is 1.80. The highest BCUT2D eigenvalue weighted by Gasteiger charge is 2.32. The summed E-state index contributed by atoms with van der Waals surface area (Å²) in [5.74, 6) is 0. The zero-order chi connectivity index (χ0) is 11.6. The normalized spacial score (nSPS) is 14.4. The Morgan fingerprint density at radius 1 is 1.14 bits per heavy atom. The second kappa shape index (κ2) is 4.06. The first-order valence-electron chi connectivity index (χ1n) is 3.93. The van der Waals surface area contributed by atoms with E-state index in [1.807, 2.05) is 0 Å². The van der Waals surface area contributed by atoms with E-state index in [2.05, 4.69) is 5.32 Å². The van der Waals surface area contributed by atoms with Crippen LogP contribution in [0, 0.1) is 0 Å². The summed E-state index contributed by atoms with van der Waals surface area (Å²) in [6.45, 7) is 1.37. The number of alkyl halides is 3. The van der Waals surface area contributed by atoms with Gasteiger partial charge in [0.25, 0.3) is 0 Å². The lowest BCUT2D eigenvalue weighted by molar-refractivity contribution is -0.124. The van der Waals surface area contributed by atoms with E-state index < -0.39 is 27.3 Å². The maximum atomic E-state index is 11.7. The van der Waals surface area contributed by atoms with Crippen LogP contribution in [0.15, 0.2) is 0 Å². The molecule has 0 amide bonds. The predicted octanol–water partition coefficient (Wildman–Crippen LogP) is 0.962. The third-order valence-corrected chi connectivity index (χ3v) is 4.03. The summed E-state index contributed by atoms with van der Waals surface area (Å²) in [6.07, 6.45) is -3.31. The van der Waals surface area contributed by atoms with Gasteiger partial charge in [-0.25, -0.2) is 8.42 Å². The molecule has 0 aromatic carbocycles. The summed E-state index contributed by atoms with van der Waals surface area (Å²) < 4.78 is 56.1. The Morgan fingerprint density at radius 3 is 1.86 bits per heavy atom. The highest BCUT2D eigenvalue weighted by Crippen LogP contribution is 2.16. The monoisotopic (exact) mass is 233 g/mol. The lowest BCUT2D eigenvalue weighted by Gasteiger charge is -2.23. The van der Waals surface area contributed by atoms with Crippen molar-refractivity contribution in [2.75, 3.05) is 19.3 Å². The van der Waals surface area contributed by atoms with Gasteiger partial charge in [0.15, 0.2) is 9.84 Å². The minimum atomic E-state index is -4.31. The summed E-state index contributed by atoms with van der Waals surface area (Å²) in [4.78, 5) is 0. The Balaban J connectivity index is 4.16. The van der Waals surface area contributed by atoms with Crippen LogP contribution in [0.1, 0.15) is 13.8 Å². The van der Waals surface area contributed by atoms with Gasteiger partial charge in [-0.2, -0.15) is 13.2 Å². The molecule has 14 heavy (non-hydrogen) atoms. The second-order valence-corrected chi connectivity index (χ2v) is 6.40. The molecule has 0 spiro atoms. The average molecular weight is 233 g/mol. The van der Waals surface area contributed by atoms with Gasteiger partial charge in [0.05, 0.1) is 11.3 Å². The van der Waals surface area contributed by atoms with Gasteiger partial charge in [-0.1, -0.05) is 0 Å². The molecule has 0 aliphatic rings. The maximum Gasteiger partial charge on any atom is 0.401 e. The van der Waals surface area contributed by atoms with Crippen LogP contribution in [0.5, 0.6) is 0 Å². The van der Waals surface area contributed by atoms with Crippen LogP contribution in [0.3, 0.4) is 0 Å². The zero-order valence-electron chi connectivity index (χ0n) is 8.27. The molecule has 0 saturated carbocycles. The van der Waals surface area contributed by atoms with E-state index in [9.17, 15) is 21.6 Å². The molecule has 0 heterocycles. The Hall–Kier alpha value is -0.300. The number of nitrogens with one attached hydrogen (secondary N) is 1. The van der Waals surface area contributed by atoms with E-state index >= 15 is 0 Å². The van der Waals surface area contributed by atoms with E-state index in [0.29, 0.717) is 0 Å². The van der Waals surface area contributed by atoms with Gasteiger partial charge in [-0.15, -0.1) is 0 Å². The standard InChI is InChI=1S/C7H14F3NO2S/c1-6(2,14(3,12)13)4-11-5-7(8,9)10/h11H,4-5H2,1-3H3. The second-order valence-electron chi connectivity index (χ2n) is 3.75. The number of hydrogen-bond acceptors (Lipinski definition) is 3. The molecule has 0 radical (unpaired) electrons. The van der Waals surface area contributed by atoms with Crippen LogP contribution in [-0.4, -0.2) is 38.7 Å². The topological polar surface area (TPSA) is 46.2 Å². The molecular formula is C7H14F3NO2S. The summed E-state index contributed by atoms with van der Waals surface area (Å²) >= 11 is 0. The van der Waals surface area contributed by atoms with Gasteiger partial charge >= 0.3 is 6.18 Å². The van der Waals surface area contributed by atoms with Crippen LogP contribution < -0.4 is 5.32 Å². The Labute approximate surface area is 81.6 Å².